The van der Waals surface area contributed by atoms with Crippen LogP contribution in [0.5, 0.6) is 11.5 Å². The highest BCUT2D eigenvalue weighted by Crippen LogP contribution is 2.27. The lowest BCUT2D eigenvalue weighted by molar-refractivity contribution is -0.384. The topological polar surface area (TPSA) is 97.2 Å². The van der Waals surface area contributed by atoms with Gasteiger partial charge in [-0.05, 0) is 37.3 Å². The summed E-state index contributed by atoms with van der Waals surface area (Å²) < 4.78 is 10.9. The highest BCUT2D eigenvalue weighted by Gasteiger charge is 2.26. The van der Waals surface area contributed by atoms with Gasteiger partial charge in [-0.3, -0.25) is 24.7 Å². The van der Waals surface area contributed by atoms with Gasteiger partial charge in [-0.25, -0.2) is 0 Å². The first-order chi connectivity index (χ1) is 15.4. The van der Waals surface area contributed by atoms with E-state index in [9.17, 15) is 14.9 Å². The second-order valence-electron chi connectivity index (χ2n) is 7.49. The number of amides is 1. The van der Waals surface area contributed by atoms with Crippen molar-refractivity contribution in [1.29, 1.82) is 0 Å². The number of carbonyl (C=O) groups is 1. The second kappa shape index (κ2) is 11.1. The fourth-order valence-corrected chi connectivity index (χ4v) is 3.68. The minimum atomic E-state index is -0.526. The SMILES string of the molecule is COc1ccc(OCCN2CCN(C(C)C(=O)Nc3ccc([N+](=O)[O-])cc3Cl)CC2)cc1. The molecule has 1 atom stereocenters. The van der Waals surface area contributed by atoms with E-state index in [1.807, 2.05) is 31.2 Å². The summed E-state index contributed by atoms with van der Waals surface area (Å²) in [6.45, 7) is 6.41. The fourth-order valence-electron chi connectivity index (χ4n) is 3.46. The van der Waals surface area contributed by atoms with E-state index < -0.39 is 4.92 Å². The zero-order valence-corrected chi connectivity index (χ0v) is 18.9. The molecule has 0 spiro atoms. The van der Waals surface area contributed by atoms with Crippen LogP contribution in [0.3, 0.4) is 0 Å². The van der Waals surface area contributed by atoms with Crippen LogP contribution in [0, 0.1) is 10.1 Å². The summed E-state index contributed by atoms with van der Waals surface area (Å²) >= 11 is 6.08. The minimum absolute atomic E-state index is 0.117. The van der Waals surface area contributed by atoms with Crippen molar-refractivity contribution in [1.82, 2.24) is 9.80 Å². The quantitative estimate of drug-likeness (QED) is 0.451. The zero-order valence-electron chi connectivity index (χ0n) is 18.1. The van der Waals surface area contributed by atoms with Crippen molar-refractivity contribution >= 4 is 28.9 Å². The Kier molecular flexibility index (Phi) is 8.26. The molecular formula is C22H27ClN4O5. The third-order valence-electron chi connectivity index (χ3n) is 5.49. The lowest BCUT2D eigenvalue weighted by atomic mass is 10.2. The van der Waals surface area contributed by atoms with Gasteiger partial charge < -0.3 is 14.8 Å². The van der Waals surface area contributed by atoms with Crippen molar-refractivity contribution in [2.45, 2.75) is 13.0 Å². The van der Waals surface area contributed by atoms with Crippen LogP contribution < -0.4 is 14.8 Å². The van der Waals surface area contributed by atoms with E-state index in [2.05, 4.69) is 15.1 Å². The standard InChI is InChI=1S/C22H27ClN4O5/c1-16(22(28)24-21-8-3-17(27(29)30)15-20(21)23)26-11-9-25(10-12-26)13-14-32-19-6-4-18(31-2)5-7-19/h3-8,15-16H,9-14H2,1-2H3,(H,24,28). The minimum Gasteiger partial charge on any atom is -0.497 e. The van der Waals surface area contributed by atoms with Crippen LogP contribution in [0.25, 0.3) is 0 Å². The van der Waals surface area contributed by atoms with Gasteiger partial charge in [0.25, 0.3) is 5.69 Å². The molecule has 1 N–H and O–H groups in total. The lowest BCUT2D eigenvalue weighted by Gasteiger charge is -2.37. The molecule has 0 aromatic heterocycles. The number of non-ortho nitro benzene ring substituents is 1. The Morgan fingerprint density at radius 1 is 1.16 bits per heavy atom. The van der Waals surface area contributed by atoms with Crippen LogP contribution >= 0.6 is 11.6 Å². The average molecular weight is 463 g/mol. The fraction of sp³-hybridized carbons (Fsp3) is 0.409. The molecule has 0 radical (unpaired) electrons. The molecule has 0 aliphatic carbocycles. The largest absolute Gasteiger partial charge is 0.497 e. The smallest absolute Gasteiger partial charge is 0.271 e. The second-order valence-corrected chi connectivity index (χ2v) is 7.90. The highest BCUT2D eigenvalue weighted by atomic mass is 35.5. The Hall–Kier alpha value is -2.88. The van der Waals surface area contributed by atoms with Gasteiger partial charge in [0.05, 0.1) is 28.8 Å². The summed E-state index contributed by atoms with van der Waals surface area (Å²) in [6.07, 6.45) is 0. The number of ether oxygens (including phenoxy) is 2. The first kappa shape index (κ1) is 23.8. The van der Waals surface area contributed by atoms with Crippen LogP contribution in [0.1, 0.15) is 6.92 Å². The van der Waals surface area contributed by atoms with E-state index in [1.54, 1.807) is 7.11 Å². The molecule has 3 rings (SSSR count). The van der Waals surface area contributed by atoms with Gasteiger partial charge in [0.1, 0.15) is 18.1 Å². The van der Waals surface area contributed by atoms with Gasteiger partial charge in [-0.15, -0.1) is 0 Å². The number of piperazine rings is 1. The maximum Gasteiger partial charge on any atom is 0.271 e. The molecule has 10 heteroatoms. The molecule has 1 unspecified atom stereocenters. The van der Waals surface area contributed by atoms with Crippen molar-refractivity contribution in [3.8, 4) is 11.5 Å². The number of hydrogen-bond acceptors (Lipinski definition) is 7. The number of halogens is 1. The Morgan fingerprint density at radius 2 is 1.81 bits per heavy atom. The number of nitrogens with one attached hydrogen (secondary N) is 1. The predicted octanol–water partition coefficient (Wildman–Crippen LogP) is 3.28. The summed E-state index contributed by atoms with van der Waals surface area (Å²) in [7, 11) is 1.63. The molecule has 1 aliphatic heterocycles. The molecule has 2 aromatic carbocycles. The van der Waals surface area contributed by atoms with E-state index in [4.69, 9.17) is 21.1 Å². The molecule has 32 heavy (non-hydrogen) atoms. The van der Waals surface area contributed by atoms with E-state index in [0.717, 1.165) is 44.2 Å². The summed E-state index contributed by atoms with van der Waals surface area (Å²) in [4.78, 5) is 27.4. The number of anilines is 1. The van der Waals surface area contributed by atoms with Crippen LogP contribution in [-0.2, 0) is 4.79 Å². The van der Waals surface area contributed by atoms with Gasteiger partial charge in [-0.1, -0.05) is 11.6 Å². The molecule has 1 aliphatic rings. The molecule has 0 bridgehead atoms. The Balaban J connectivity index is 1.42. The number of rotatable bonds is 9. The first-order valence-corrected chi connectivity index (χ1v) is 10.7. The van der Waals surface area contributed by atoms with Gasteiger partial charge in [-0.2, -0.15) is 0 Å². The molecule has 1 heterocycles. The van der Waals surface area contributed by atoms with Gasteiger partial charge in [0, 0.05) is 44.9 Å². The van der Waals surface area contributed by atoms with Gasteiger partial charge in [0.2, 0.25) is 5.91 Å². The monoisotopic (exact) mass is 462 g/mol. The van der Waals surface area contributed by atoms with Crippen LogP contribution in [0.4, 0.5) is 11.4 Å². The first-order valence-electron chi connectivity index (χ1n) is 10.4. The third kappa shape index (κ3) is 6.32. The van der Waals surface area contributed by atoms with Crippen LogP contribution in [0.2, 0.25) is 5.02 Å². The van der Waals surface area contributed by atoms with E-state index in [-0.39, 0.29) is 22.7 Å². The number of nitro benzene ring substituents is 1. The van der Waals surface area contributed by atoms with Crippen LogP contribution in [0.15, 0.2) is 42.5 Å². The van der Waals surface area contributed by atoms with E-state index in [1.165, 1.54) is 18.2 Å². The molecule has 0 saturated carbocycles. The molecular weight excluding hydrogens is 436 g/mol. The average Bonchev–Trinajstić information content (AvgIpc) is 2.80. The molecule has 1 saturated heterocycles. The molecule has 9 nitrogen and oxygen atoms in total. The molecule has 172 valence electrons. The molecule has 2 aromatic rings. The van der Waals surface area contributed by atoms with Crippen molar-refractivity contribution in [2.24, 2.45) is 0 Å². The van der Waals surface area contributed by atoms with Crippen molar-refractivity contribution in [3.63, 3.8) is 0 Å². The maximum atomic E-state index is 12.7. The predicted molar refractivity (Wildman–Crippen MR) is 123 cm³/mol. The normalized spacial score (nSPS) is 15.7. The number of methoxy groups -OCH3 is 1. The number of carbonyl (C=O) groups excluding carboxylic acids is 1. The van der Waals surface area contributed by atoms with Crippen molar-refractivity contribution in [2.75, 3.05) is 51.8 Å². The van der Waals surface area contributed by atoms with E-state index >= 15 is 0 Å². The summed E-state index contributed by atoms with van der Waals surface area (Å²) in [5.74, 6) is 1.40. The highest BCUT2D eigenvalue weighted by molar-refractivity contribution is 6.34. The molecule has 1 amide bonds. The third-order valence-corrected chi connectivity index (χ3v) is 5.80. The van der Waals surface area contributed by atoms with Crippen LogP contribution in [-0.4, -0.2) is 73.1 Å². The molecule has 1 fully saturated rings. The Labute approximate surface area is 192 Å². The van der Waals surface area contributed by atoms with Gasteiger partial charge >= 0.3 is 0 Å². The Bertz CT molecular complexity index is 932. The zero-order chi connectivity index (χ0) is 23.1. The lowest BCUT2D eigenvalue weighted by Crippen LogP contribution is -2.53. The van der Waals surface area contributed by atoms with Gasteiger partial charge in [0.15, 0.2) is 0 Å². The van der Waals surface area contributed by atoms with Crippen molar-refractivity contribution in [3.05, 3.63) is 57.6 Å². The summed E-state index contributed by atoms with van der Waals surface area (Å²) in [6, 6.07) is 11.1. The number of benzene rings is 2. The Morgan fingerprint density at radius 3 is 2.41 bits per heavy atom. The van der Waals surface area contributed by atoms with Crippen molar-refractivity contribution < 1.29 is 19.2 Å². The maximum absolute atomic E-state index is 12.7. The summed E-state index contributed by atoms with van der Waals surface area (Å²) in [5.41, 5.74) is 0.247. The number of nitrogens with zero attached hydrogens (tertiary/aromatic N) is 3. The van der Waals surface area contributed by atoms with E-state index in [0.29, 0.717) is 12.3 Å². The number of hydrogen-bond donors (Lipinski definition) is 1. The number of nitro groups is 1. The summed E-state index contributed by atoms with van der Waals surface area (Å²) in [5, 5.41) is 13.7.